The summed E-state index contributed by atoms with van der Waals surface area (Å²) in [4.78, 5) is 20.4. The molecule has 0 spiro atoms. The molecule has 5 aromatic rings. The summed E-state index contributed by atoms with van der Waals surface area (Å²) in [5.74, 6) is 0.0351. The quantitative estimate of drug-likeness (QED) is 0.279. The summed E-state index contributed by atoms with van der Waals surface area (Å²) in [6.45, 7) is 0.508. The fourth-order valence-electron chi connectivity index (χ4n) is 5.46. The van der Waals surface area contributed by atoms with E-state index in [9.17, 15) is 9.90 Å². The molecule has 1 aliphatic heterocycles. The predicted octanol–water partition coefficient (Wildman–Crippen LogP) is 5.77. The number of nitrogens with zero attached hydrogens (tertiary/aromatic N) is 1. The minimum atomic E-state index is -0.987. The average molecular weight is 501 g/mol. The average Bonchev–Trinajstić information content (AvgIpc) is 3.35. The number of benzene rings is 5. The highest BCUT2D eigenvalue weighted by atomic mass is 16.7. The van der Waals surface area contributed by atoms with Crippen LogP contribution in [0.4, 0.5) is 0 Å². The van der Waals surface area contributed by atoms with Crippen molar-refractivity contribution in [2.75, 3.05) is 6.61 Å². The molecule has 1 fully saturated rings. The van der Waals surface area contributed by atoms with Crippen LogP contribution >= 0.6 is 0 Å². The van der Waals surface area contributed by atoms with Crippen LogP contribution in [0.15, 0.2) is 127 Å². The first-order valence-electron chi connectivity index (χ1n) is 12.8. The van der Waals surface area contributed by atoms with Crippen LogP contribution in [0.2, 0.25) is 0 Å². The summed E-state index contributed by atoms with van der Waals surface area (Å²) in [7, 11) is 0. The molecule has 0 aromatic heterocycles. The van der Waals surface area contributed by atoms with Gasteiger partial charge in [-0.2, -0.15) is 0 Å². The Hall–Kier alpha value is -4.45. The molecule has 38 heavy (non-hydrogen) atoms. The first-order valence-corrected chi connectivity index (χ1v) is 12.8. The van der Waals surface area contributed by atoms with Gasteiger partial charge in [-0.15, -0.1) is 0 Å². The topological polar surface area (TPSA) is 61.8 Å². The maximum atomic E-state index is 14.1. The SMILES string of the molecule is O=C1[C@H](NCc2c(O)ccc3ccccc23)CON1C(c1ccccc1)(c1ccccc1)c1ccccc1. The molecule has 1 amide bonds. The molecule has 0 unspecified atom stereocenters. The highest BCUT2D eigenvalue weighted by Crippen LogP contribution is 2.44. The standard InChI is InChI=1S/C33H28N2O3/c36-31-21-20-24-12-10-11-19-28(24)29(31)22-34-30-23-38-35(32(30)37)33(25-13-4-1-5-14-25,26-15-6-2-7-16-26)27-17-8-3-9-18-27/h1-21,30,34,36H,22-23H2/t30-/m1/s1. The zero-order valence-electron chi connectivity index (χ0n) is 20.8. The molecule has 5 heteroatoms. The summed E-state index contributed by atoms with van der Waals surface area (Å²) in [5.41, 5.74) is 2.56. The number of phenols is 1. The summed E-state index contributed by atoms with van der Waals surface area (Å²) in [5, 5.41) is 17.5. The fourth-order valence-corrected chi connectivity index (χ4v) is 5.46. The lowest BCUT2D eigenvalue weighted by Gasteiger charge is -2.41. The lowest BCUT2D eigenvalue weighted by Crippen LogP contribution is -2.50. The van der Waals surface area contributed by atoms with Crippen molar-refractivity contribution in [3.63, 3.8) is 0 Å². The molecule has 5 nitrogen and oxygen atoms in total. The Bertz CT molecular complexity index is 1460. The molecule has 0 aliphatic carbocycles. The number of rotatable bonds is 7. The van der Waals surface area contributed by atoms with E-state index in [1.807, 2.05) is 121 Å². The van der Waals surface area contributed by atoms with Crippen LogP contribution < -0.4 is 5.32 Å². The number of nitrogens with one attached hydrogen (secondary N) is 1. The van der Waals surface area contributed by atoms with Crippen LogP contribution in [0.3, 0.4) is 0 Å². The van der Waals surface area contributed by atoms with Crippen LogP contribution in [0, 0.1) is 0 Å². The minimum absolute atomic E-state index is 0.165. The fraction of sp³-hybridized carbons (Fsp3) is 0.121. The van der Waals surface area contributed by atoms with Gasteiger partial charge in [0.25, 0.3) is 5.91 Å². The van der Waals surface area contributed by atoms with Gasteiger partial charge in [0.1, 0.15) is 17.3 Å². The van der Waals surface area contributed by atoms with Crippen LogP contribution in [0.25, 0.3) is 10.8 Å². The molecule has 1 atom stereocenters. The summed E-state index contributed by atoms with van der Waals surface area (Å²) in [6.07, 6.45) is 0. The number of carbonyl (C=O) groups excluding carboxylic acids is 1. The second kappa shape index (κ2) is 10.1. The van der Waals surface area contributed by atoms with Crippen molar-refractivity contribution in [2.24, 2.45) is 0 Å². The van der Waals surface area contributed by atoms with E-state index in [-0.39, 0.29) is 18.3 Å². The normalized spacial score (nSPS) is 15.7. The maximum Gasteiger partial charge on any atom is 0.267 e. The Balaban J connectivity index is 1.40. The molecule has 1 aliphatic rings. The molecular formula is C33H28N2O3. The van der Waals surface area contributed by atoms with Gasteiger partial charge in [-0.1, -0.05) is 121 Å². The highest BCUT2D eigenvalue weighted by molar-refractivity contribution is 5.88. The molecule has 188 valence electrons. The monoisotopic (exact) mass is 500 g/mol. The van der Waals surface area contributed by atoms with Crippen molar-refractivity contribution in [2.45, 2.75) is 18.1 Å². The van der Waals surface area contributed by atoms with Crippen LogP contribution in [0.1, 0.15) is 22.3 Å². The van der Waals surface area contributed by atoms with Gasteiger partial charge in [0.15, 0.2) is 0 Å². The Kier molecular flexibility index (Phi) is 6.38. The zero-order chi connectivity index (χ0) is 26.0. The van der Waals surface area contributed by atoms with Gasteiger partial charge in [0.05, 0.1) is 6.61 Å². The largest absolute Gasteiger partial charge is 0.508 e. The molecule has 5 aromatic carbocycles. The number of phenolic OH excluding ortho intramolecular Hbond substituents is 1. The summed E-state index contributed by atoms with van der Waals surface area (Å²) in [6, 6.07) is 40.9. The molecule has 6 rings (SSSR count). The first-order chi connectivity index (χ1) is 18.7. The van der Waals surface area contributed by atoms with E-state index in [0.29, 0.717) is 6.54 Å². The second-order valence-corrected chi connectivity index (χ2v) is 9.45. The first kappa shape index (κ1) is 23.9. The highest BCUT2D eigenvalue weighted by Gasteiger charge is 2.50. The third-order valence-electron chi connectivity index (χ3n) is 7.29. The van der Waals surface area contributed by atoms with E-state index in [4.69, 9.17) is 4.84 Å². The lowest BCUT2D eigenvalue weighted by atomic mass is 9.76. The zero-order valence-corrected chi connectivity index (χ0v) is 20.8. The lowest BCUT2D eigenvalue weighted by molar-refractivity contribution is -0.183. The minimum Gasteiger partial charge on any atom is -0.508 e. The number of hydrogen-bond donors (Lipinski definition) is 2. The third-order valence-corrected chi connectivity index (χ3v) is 7.29. The van der Waals surface area contributed by atoms with Gasteiger partial charge >= 0.3 is 0 Å². The third kappa shape index (κ3) is 4.02. The van der Waals surface area contributed by atoms with Crippen LogP contribution in [0.5, 0.6) is 5.75 Å². The number of hydroxylamine groups is 2. The number of fused-ring (bicyclic) bond motifs is 1. The molecule has 1 heterocycles. The van der Waals surface area contributed by atoms with Crippen molar-refractivity contribution in [3.05, 3.63) is 150 Å². The van der Waals surface area contributed by atoms with Gasteiger partial charge < -0.3 is 5.11 Å². The van der Waals surface area contributed by atoms with Crippen LogP contribution in [-0.2, 0) is 21.7 Å². The van der Waals surface area contributed by atoms with Crippen LogP contribution in [-0.4, -0.2) is 28.7 Å². The molecule has 0 bridgehead atoms. The summed E-state index contributed by atoms with van der Waals surface area (Å²) < 4.78 is 0. The Morgan fingerprint density at radius 1 is 0.737 bits per heavy atom. The Labute approximate surface area is 221 Å². The smallest absolute Gasteiger partial charge is 0.267 e. The van der Waals surface area contributed by atoms with Crippen molar-refractivity contribution < 1.29 is 14.7 Å². The molecule has 0 radical (unpaired) electrons. The number of carbonyl (C=O) groups is 1. The Morgan fingerprint density at radius 3 is 1.84 bits per heavy atom. The predicted molar refractivity (Wildman–Crippen MR) is 148 cm³/mol. The molecule has 2 N–H and O–H groups in total. The van der Waals surface area contributed by atoms with Crippen molar-refractivity contribution in [1.29, 1.82) is 0 Å². The van der Waals surface area contributed by atoms with E-state index in [0.717, 1.165) is 33.0 Å². The van der Waals surface area contributed by atoms with E-state index in [1.165, 1.54) is 5.06 Å². The van der Waals surface area contributed by atoms with Gasteiger partial charge in [-0.3, -0.25) is 14.9 Å². The van der Waals surface area contributed by atoms with E-state index in [2.05, 4.69) is 5.32 Å². The van der Waals surface area contributed by atoms with Crippen molar-refractivity contribution in [3.8, 4) is 5.75 Å². The van der Waals surface area contributed by atoms with E-state index >= 15 is 0 Å². The second-order valence-electron chi connectivity index (χ2n) is 9.45. The molecule has 1 saturated heterocycles. The number of aromatic hydroxyl groups is 1. The molecular weight excluding hydrogens is 472 g/mol. The van der Waals surface area contributed by atoms with Gasteiger partial charge in [-0.05, 0) is 33.5 Å². The van der Waals surface area contributed by atoms with Gasteiger partial charge in [0, 0.05) is 12.1 Å². The summed E-state index contributed by atoms with van der Waals surface area (Å²) >= 11 is 0. The van der Waals surface area contributed by atoms with E-state index in [1.54, 1.807) is 6.07 Å². The van der Waals surface area contributed by atoms with Gasteiger partial charge in [0.2, 0.25) is 0 Å². The Morgan fingerprint density at radius 2 is 1.26 bits per heavy atom. The number of amides is 1. The van der Waals surface area contributed by atoms with Crippen molar-refractivity contribution in [1.82, 2.24) is 10.4 Å². The van der Waals surface area contributed by atoms with E-state index < -0.39 is 11.6 Å². The van der Waals surface area contributed by atoms with Gasteiger partial charge in [-0.25, -0.2) is 5.06 Å². The maximum absolute atomic E-state index is 14.1. The van der Waals surface area contributed by atoms with Crippen molar-refractivity contribution >= 4 is 16.7 Å². The molecule has 0 saturated carbocycles. The number of hydrogen-bond acceptors (Lipinski definition) is 4.